The van der Waals surface area contributed by atoms with Crippen LogP contribution in [0.3, 0.4) is 0 Å². The number of aromatic nitrogens is 3. The smallest absolute Gasteiger partial charge is 0.312 e. The van der Waals surface area contributed by atoms with E-state index in [2.05, 4.69) is 15.0 Å². The lowest BCUT2D eigenvalue weighted by Gasteiger charge is -2.23. The van der Waals surface area contributed by atoms with Gasteiger partial charge in [0.05, 0.1) is 11.1 Å². The second-order valence-corrected chi connectivity index (χ2v) is 8.25. The number of aromatic amines is 1. The average molecular weight is 391 g/mol. The van der Waals surface area contributed by atoms with Crippen molar-refractivity contribution >= 4 is 5.97 Å². The zero-order valence-corrected chi connectivity index (χ0v) is 16.7. The summed E-state index contributed by atoms with van der Waals surface area (Å²) in [7, 11) is 0. The number of H-pyrrole nitrogens is 1. The van der Waals surface area contributed by atoms with Crippen LogP contribution in [0, 0.1) is 5.41 Å². The molecule has 0 amide bonds. The minimum absolute atomic E-state index is 0.112. The number of nitrogens with zero attached hydrogens (tertiary/aromatic N) is 2. The van der Waals surface area contributed by atoms with E-state index in [9.17, 15) is 4.79 Å². The molecule has 0 spiro atoms. The van der Waals surface area contributed by atoms with Gasteiger partial charge < -0.3 is 14.8 Å². The lowest BCUT2D eigenvalue weighted by atomic mass is 9.83. The van der Waals surface area contributed by atoms with Crippen LogP contribution in [0.1, 0.15) is 44.7 Å². The number of rotatable bonds is 7. The van der Waals surface area contributed by atoms with E-state index in [0.717, 1.165) is 22.6 Å². The normalized spacial score (nSPS) is 14.4. The van der Waals surface area contributed by atoms with Crippen LogP contribution in [0.4, 0.5) is 0 Å². The van der Waals surface area contributed by atoms with Crippen molar-refractivity contribution in [2.45, 2.75) is 39.0 Å². The number of carbonyl (C=O) groups is 1. The van der Waals surface area contributed by atoms with Gasteiger partial charge in [-0.25, -0.2) is 4.98 Å². The molecule has 0 unspecified atom stereocenters. The molecule has 0 bridgehead atoms. The maximum absolute atomic E-state index is 11.2. The standard InChI is InChI=1S/C23H25N3O3/c1-23(2,22(27)28)14-29-18-9-6-16(7-10-18)19-11-8-17(12-24-19)21-25-13-20(26-21)15-4-3-5-15/h6-13,15H,3-5,14H2,1-2H3,(H,25,26)(H,27,28). The fourth-order valence-electron chi connectivity index (χ4n) is 3.16. The number of aliphatic carboxylic acids is 1. The van der Waals surface area contributed by atoms with E-state index < -0.39 is 11.4 Å². The molecular weight excluding hydrogens is 366 g/mol. The Morgan fingerprint density at radius 3 is 2.41 bits per heavy atom. The van der Waals surface area contributed by atoms with Crippen LogP contribution in [0.5, 0.6) is 5.75 Å². The number of ether oxygens (including phenoxy) is 1. The Hall–Kier alpha value is -3.15. The first-order valence-corrected chi connectivity index (χ1v) is 9.90. The molecule has 2 aromatic heterocycles. The van der Waals surface area contributed by atoms with Gasteiger partial charge in [0.25, 0.3) is 0 Å². The largest absolute Gasteiger partial charge is 0.492 e. The van der Waals surface area contributed by atoms with Gasteiger partial charge in [-0.1, -0.05) is 6.42 Å². The minimum atomic E-state index is -0.930. The fourth-order valence-corrected chi connectivity index (χ4v) is 3.16. The molecule has 0 atom stereocenters. The van der Waals surface area contributed by atoms with E-state index in [-0.39, 0.29) is 6.61 Å². The summed E-state index contributed by atoms with van der Waals surface area (Å²) in [5.41, 5.74) is 3.08. The van der Waals surface area contributed by atoms with Crippen molar-refractivity contribution in [3.63, 3.8) is 0 Å². The molecule has 6 heteroatoms. The third-order valence-corrected chi connectivity index (χ3v) is 5.51. The lowest BCUT2D eigenvalue weighted by Crippen LogP contribution is -2.30. The summed E-state index contributed by atoms with van der Waals surface area (Å²) in [5.74, 6) is 1.25. The van der Waals surface area contributed by atoms with Crippen LogP contribution < -0.4 is 4.74 Å². The first kappa shape index (κ1) is 19.2. The molecule has 2 N–H and O–H groups in total. The highest BCUT2D eigenvalue weighted by Crippen LogP contribution is 2.36. The lowest BCUT2D eigenvalue weighted by molar-refractivity contribution is -0.148. The molecule has 1 aliphatic rings. The van der Waals surface area contributed by atoms with Crippen LogP contribution in [-0.4, -0.2) is 32.6 Å². The number of pyridine rings is 1. The monoisotopic (exact) mass is 391 g/mol. The van der Waals surface area contributed by atoms with Crippen molar-refractivity contribution in [2.75, 3.05) is 6.61 Å². The predicted octanol–water partition coefficient (Wildman–Crippen LogP) is 4.90. The summed E-state index contributed by atoms with van der Waals surface area (Å²) in [6.45, 7) is 3.40. The van der Waals surface area contributed by atoms with Crippen molar-refractivity contribution in [1.82, 2.24) is 15.0 Å². The molecule has 3 aromatic rings. The molecule has 1 saturated carbocycles. The highest BCUT2D eigenvalue weighted by Gasteiger charge is 2.28. The first-order valence-electron chi connectivity index (χ1n) is 9.90. The fraction of sp³-hybridized carbons (Fsp3) is 0.348. The highest BCUT2D eigenvalue weighted by atomic mass is 16.5. The number of hydrogen-bond acceptors (Lipinski definition) is 4. The van der Waals surface area contributed by atoms with E-state index in [1.807, 2.05) is 48.8 Å². The van der Waals surface area contributed by atoms with E-state index in [1.54, 1.807) is 13.8 Å². The van der Waals surface area contributed by atoms with Crippen LogP contribution in [0.25, 0.3) is 22.6 Å². The highest BCUT2D eigenvalue weighted by molar-refractivity contribution is 5.73. The summed E-state index contributed by atoms with van der Waals surface area (Å²) in [5, 5.41) is 9.17. The summed E-state index contributed by atoms with van der Waals surface area (Å²) in [4.78, 5) is 23.7. The zero-order valence-electron chi connectivity index (χ0n) is 16.7. The predicted molar refractivity (Wildman–Crippen MR) is 111 cm³/mol. The van der Waals surface area contributed by atoms with Gasteiger partial charge in [-0.3, -0.25) is 9.78 Å². The summed E-state index contributed by atoms with van der Waals surface area (Å²) >= 11 is 0. The Morgan fingerprint density at radius 2 is 1.83 bits per heavy atom. The Kier molecular flexibility index (Phi) is 5.09. The SMILES string of the molecule is CC(C)(COc1ccc(-c2ccc(-c3ncc(C4CCC4)[nH]3)cn2)cc1)C(=O)O. The molecule has 6 nitrogen and oxygen atoms in total. The second kappa shape index (κ2) is 7.70. The number of hydrogen-bond donors (Lipinski definition) is 2. The number of imidazole rings is 1. The topological polar surface area (TPSA) is 88.1 Å². The quantitative estimate of drug-likeness (QED) is 0.598. The van der Waals surface area contributed by atoms with Crippen molar-refractivity contribution in [3.8, 4) is 28.4 Å². The van der Waals surface area contributed by atoms with Gasteiger partial charge in [0.2, 0.25) is 0 Å². The first-order chi connectivity index (χ1) is 13.9. The molecule has 1 fully saturated rings. The van der Waals surface area contributed by atoms with Crippen molar-refractivity contribution in [3.05, 3.63) is 54.5 Å². The Labute approximate surface area is 170 Å². The number of nitrogens with one attached hydrogen (secondary N) is 1. The number of carboxylic acids is 1. The van der Waals surface area contributed by atoms with Crippen molar-refractivity contribution < 1.29 is 14.6 Å². The van der Waals surface area contributed by atoms with E-state index in [4.69, 9.17) is 9.84 Å². The van der Waals surface area contributed by atoms with Crippen LogP contribution in [-0.2, 0) is 4.79 Å². The average Bonchev–Trinajstić information content (AvgIpc) is 3.15. The Balaban J connectivity index is 1.42. The third-order valence-electron chi connectivity index (χ3n) is 5.51. The summed E-state index contributed by atoms with van der Waals surface area (Å²) < 4.78 is 5.62. The Morgan fingerprint density at radius 1 is 1.10 bits per heavy atom. The van der Waals surface area contributed by atoms with Gasteiger partial charge in [-0.15, -0.1) is 0 Å². The molecular formula is C23H25N3O3. The van der Waals surface area contributed by atoms with E-state index in [1.165, 1.54) is 25.0 Å². The van der Waals surface area contributed by atoms with E-state index >= 15 is 0 Å². The molecule has 29 heavy (non-hydrogen) atoms. The number of benzene rings is 1. The number of carboxylic acid groups (broad SMARTS) is 1. The van der Waals surface area contributed by atoms with Crippen LogP contribution in [0.2, 0.25) is 0 Å². The molecule has 0 saturated heterocycles. The van der Waals surface area contributed by atoms with Gasteiger partial charge in [-0.2, -0.15) is 0 Å². The van der Waals surface area contributed by atoms with Crippen LogP contribution in [0.15, 0.2) is 48.8 Å². The van der Waals surface area contributed by atoms with Gasteiger partial charge in [0.15, 0.2) is 0 Å². The molecule has 1 aromatic carbocycles. The van der Waals surface area contributed by atoms with Gasteiger partial charge in [-0.05, 0) is 63.1 Å². The molecule has 1 aliphatic carbocycles. The summed E-state index contributed by atoms with van der Waals surface area (Å²) in [6, 6.07) is 11.5. The summed E-state index contributed by atoms with van der Waals surface area (Å²) in [6.07, 6.45) is 7.56. The molecule has 4 rings (SSSR count). The molecule has 2 heterocycles. The van der Waals surface area contributed by atoms with Crippen LogP contribution >= 0.6 is 0 Å². The minimum Gasteiger partial charge on any atom is -0.492 e. The van der Waals surface area contributed by atoms with Gasteiger partial charge in [0, 0.05) is 35.1 Å². The molecule has 0 radical (unpaired) electrons. The third kappa shape index (κ3) is 4.16. The van der Waals surface area contributed by atoms with Gasteiger partial charge in [0.1, 0.15) is 18.2 Å². The van der Waals surface area contributed by atoms with Crippen molar-refractivity contribution in [2.24, 2.45) is 5.41 Å². The zero-order chi connectivity index (χ0) is 20.4. The maximum atomic E-state index is 11.2. The second-order valence-electron chi connectivity index (χ2n) is 8.25. The van der Waals surface area contributed by atoms with Crippen molar-refractivity contribution in [1.29, 1.82) is 0 Å². The molecule has 150 valence electrons. The molecule has 0 aliphatic heterocycles. The maximum Gasteiger partial charge on any atom is 0.312 e. The van der Waals surface area contributed by atoms with Gasteiger partial charge >= 0.3 is 5.97 Å². The Bertz CT molecular complexity index is 987. The van der Waals surface area contributed by atoms with E-state index in [0.29, 0.717) is 11.7 Å².